The fourth-order valence-corrected chi connectivity index (χ4v) is 3.22. The summed E-state index contributed by atoms with van der Waals surface area (Å²) in [6.45, 7) is 13.4. The average molecular weight is 299 g/mol. The predicted octanol–water partition coefficient (Wildman–Crippen LogP) is 1.46. The number of rotatable bonds is 3. The van der Waals surface area contributed by atoms with Crippen LogP contribution >= 0.6 is 0 Å². The van der Waals surface area contributed by atoms with Crippen molar-refractivity contribution in [3.05, 3.63) is 12.7 Å². The molecular formula is C15H25NO5. The van der Waals surface area contributed by atoms with Crippen molar-refractivity contribution in [1.82, 2.24) is 5.06 Å². The maximum atomic E-state index is 6.11. The quantitative estimate of drug-likeness (QED) is 0.735. The lowest BCUT2D eigenvalue weighted by Gasteiger charge is -2.47. The molecule has 1 spiro atoms. The van der Waals surface area contributed by atoms with Crippen molar-refractivity contribution in [2.75, 3.05) is 26.4 Å². The van der Waals surface area contributed by atoms with Gasteiger partial charge in [-0.3, -0.25) is 4.84 Å². The molecule has 0 unspecified atom stereocenters. The van der Waals surface area contributed by atoms with E-state index in [2.05, 4.69) is 6.58 Å². The van der Waals surface area contributed by atoms with Gasteiger partial charge < -0.3 is 18.9 Å². The molecule has 3 saturated heterocycles. The highest BCUT2D eigenvalue weighted by Crippen LogP contribution is 2.45. The fourth-order valence-electron chi connectivity index (χ4n) is 3.22. The minimum atomic E-state index is -0.584. The Morgan fingerprint density at radius 1 is 1.14 bits per heavy atom. The van der Waals surface area contributed by atoms with Crippen LogP contribution in [0.5, 0.6) is 0 Å². The van der Waals surface area contributed by atoms with Crippen LogP contribution in [0.2, 0.25) is 0 Å². The standard InChI is InChI=1S/C15H25NO5/c1-6-7-19-16-8-11-12(21-14(4,5)20-11)15(16)9-17-13(2,3)18-10-15/h6,11-12H,1,7-10H2,2-5H3/t11-,12-/m1/s1. The lowest BCUT2D eigenvalue weighted by molar-refractivity contribution is -0.340. The molecule has 0 aliphatic carbocycles. The Hall–Kier alpha value is -0.500. The minimum Gasteiger partial charge on any atom is -0.348 e. The summed E-state index contributed by atoms with van der Waals surface area (Å²) < 4.78 is 23.9. The first-order valence-corrected chi connectivity index (χ1v) is 7.43. The van der Waals surface area contributed by atoms with E-state index in [1.807, 2.05) is 32.8 Å². The molecule has 3 fully saturated rings. The van der Waals surface area contributed by atoms with E-state index < -0.39 is 17.1 Å². The Balaban J connectivity index is 1.83. The third-order valence-corrected chi connectivity index (χ3v) is 4.24. The van der Waals surface area contributed by atoms with Gasteiger partial charge in [-0.1, -0.05) is 6.08 Å². The van der Waals surface area contributed by atoms with Crippen LogP contribution in [-0.4, -0.2) is 60.7 Å². The first-order valence-electron chi connectivity index (χ1n) is 7.43. The molecule has 0 N–H and O–H groups in total. The molecule has 0 radical (unpaired) electrons. The molecule has 0 aromatic rings. The lowest BCUT2D eigenvalue weighted by atomic mass is 9.93. The summed E-state index contributed by atoms with van der Waals surface area (Å²) >= 11 is 0. The van der Waals surface area contributed by atoms with Crippen molar-refractivity contribution in [2.24, 2.45) is 0 Å². The summed E-state index contributed by atoms with van der Waals surface area (Å²) in [5, 5.41) is 1.90. The SMILES string of the molecule is C=CCON1C[C@H]2OC(C)(C)O[C@H]2C12COC(C)(C)OC2. The van der Waals surface area contributed by atoms with Crippen LogP contribution in [0.15, 0.2) is 12.7 Å². The first kappa shape index (κ1) is 15.4. The number of hydrogen-bond donors (Lipinski definition) is 0. The van der Waals surface area contributed by atoms with Crippen molar-refractivity contribution in [1.29, 1.82) is 0 Å². The van der Waals surface area contributed by atoms with Crippen molar-refractivity contribution in [3.8, 4) is 0 Å². The molecule has 2 atom stereocenters. The van der Waals surface area contributed by atoms with E-state index in [1.165, 1.54) is 0 Å². The van der Waals surface area contributed by atoms with Gasteiger partial charge in [0, 0.05) is 0 Å². The number of nitrogens with zero attached hydrogens (tertiary/aromatic N) is 1. The lowest BCUT2D eigenvalue weighted by Crippen LogP contribution is -2.63. The van der Waals surface area contributed by atoms with Gasteiger partial charge in [-0.25, -0.2) is 0 Å². The van der Waals surface area contributed by atoms with E-state index in [1.54, 1.807) is 6.08 Å². The fraction of sp³-hybridized carbons (Fsp3) is 0.867. The largest absolute Gasteiger partial charge is 0.348 e. The molecule has 120 valence electrons. The zero-order valence-corrected chi connectivity index (χ0v) is 13.3. The second kappa shape index (κ2) is 5.01. The van der Waals surface area contributed by atoms with E-state index in [0.29, 0.717) is 26.4 Å². The number of hydroxylamine groups is 2. The monoisotopic (exact) mass is 299 g/mol. The molecule has 0 aromatic carbocycles. The van der Waals surface area contributed by atoms with Gasteiger partial charge >= 0.3 is 0 Å². The van der Waals surface area contributed by atoms with Crippen molar-refractivity contribution >= 4 is 0 Å². The predicted molar refractivity (Wildman–Crippen MR) is 75.4 cm³/mol. The van der Waals surface area contributed by atoms with Crippen LogP contribution < -0.4 is 0 Å². The maximum absolute atomic E-state index is 6.11. The van der Waals surface area contributed by atoms with Gasteiger partial charge in [0.25, 0.3) is 0 Å². The first-order chi connectivity index (χ1) is 9.78. The van der Waals surface area contributed by atoms with Gasteiger partial charge in [0.05, 0.1) is 26.4 Å². The molecule has 0 saturated carbocycles. The minimum absolute atomic E-state index is 0.0433. The smallest absolute Gasteiger partial charge is 0.163 e. The van der Waals surface area contributed by atoms with Gasteiger partial charge in [0.1, 0.15) is 17.7 Å². The highest BCUT2D eigenvalue weighted by atomic mass is 16.8. The zero-order valence-electron chi connectivity index (χ0n) is 13.3. The number of hydrogen-bond acceptors (Lipinski definition) is 6. The van der Waals surface area contributed by atoms with Crippen molar-refractivity contribution < 1.29 is 23.8 Å². The van der Waals surface area contributed by atoms with Crippen LogP contribution in [0.25, 0.3) is 0 Å². The number of ether oxygens (including phenoxy) is 4. The third kappa shape index (κ3) is 2.65. The second-order valence-corrected chi connectivity index (χ2v) is 6.82. The normalized spacial score (nSPS) is 36.8. The van der Waals surface area contributed by atoms with Gasteiger partial charge in [0.2, 0.25) is 0 Å². The van der Waals surface area contributed by atoms with E-state index in [0.717, 1.165) is 0 Å². The topological polar surface area (TPSA) is 49.4 Å². The second-order valence-electron chi connectivity index (χ2n) is 6.82. The summed E-state index contributed by atoms with van der Waals surface area (Å²) in [5.41, 5.74) is -0.475. The molecule has 3 aliphatic heterocycles. The van der Waals surface area contributed by atoms with Gasteiger partial charge in [-0.05, 0) is 27.7 Å². The van der Waals surface area contributed by atoms with Crippen LogP contribution in [-0.2, 0) is 23.8 Å². The molecule has 3 heterocycles. The van der Waals surface area contributed by atoms with Gasteiger partial charge in [-0.15, -0.1) is 6.58 Å². The van der Waals surface area contributed by atoms with E-state index in [4.69, 9.17) is 23.8 Å². The maximum Gasteiger partial charge on any atom is 0.163 e. The Bertz CT molecular complexity index is 412. The summed E-state index contributed by atoms with van der Waals surface area (Å²) in [6.07, 6.45) is 1.55. The van der Waals surface area contributed by atoms with Crippen LogP contribution in [0.4, 0.5) is 0 Å². The summed E-state index contributed by atoms with van der Waals surface area (Å²) in [7, 11) is 0. The molecule has 0 amide bonds. The molecule has 3 aliphatic rings. The Kier molecular flexibility index (Phi) is 3.67. The molecule has 3 rings (SSSR count). The molecule has 21 heavy (non-hydrogen) atoms. The highest BCUT2D eigenvalue weighted by Gasteiger charge is 2.64. The zero-order chi connectivity index (χ0) is 15.3. The van der Waals surface area contributed by atoms with Crippen LogP contribution in [0.1, 0.15) is 27.7 Å². The van der Waals surface area contributed by atoms with E-state index >= 15 is 0 Å². The van der Waals surface area contributed by atoms with Crippen LogP contribution in [0.3, 0.4) is 0 Å². The Labute approximate surface area is 125 Å². The average Bonchev–Trinajstić information content (AvgIpc) is 2.83. The highest BCUT2D eigenvalue weighted by molar-refractivity contribution is 5.10. The van der Waals surface area contributed by atoms with Gasteiger partial charge in [-0.2, -0.15) is 5.06 Å². The molecule has 0 aromatic heterocycles. The van der Waals surface area contributed by atoms with Crippen LogP contribution in [0, 0.1) is 0 Å². The molecule has 6 heteroatoms. The Morgan fingerprint density at radius 2 is 1.81 bits per heavy atom. The Morgan fingerprint density at radius 3 is 2.43 bits per heavy atom. The van der Waals surface area contributed by atoms with Gasteiger partial charge in [0.15, 0.2) is 11.6 Å². The summed E-state index contributed by atoms with van der Waals surface area (Å²) in [5.74, 6) is -1.16. The number of fused-ring (bicyclic) bond motifs is 2. The summed E-state index contributed by atoms with van der Waals surface area (Å²) in [4.78, 5) is 5.81. The summed E-state index contributed by atoms with van der Waals surface area (Å²) in [6, 6.07) is 0. The molecule has 0 bridgehead atoms. The van der Waals surface area contributed by atoms with Crippen molar-refractivity contribution in [2.45, 2.75) is 57.0 Å². The van der Waals surface area contributed by atoms with E-state index in [-0.39, 0.29) is 12.2 Å². The van der Waals surface area contributed by atoms with Crippen molar-refractivity contribution in [3.63, 3.8) is 0 Å². The molecular weight excluding hydrogens is 274 g/mol. The third-order valence-electron chi connectivity index (χ3n) is 4.24. The molecule has 6 nitrogen and oxygen atoms in total. The van der Waals surface area contributed by atoms with E-state index in [9.17, 15) is 0 Å².